The summed E-state index contributed by atoms with van der Waals surface area (Å²) in [7, 11) is 0. The van der Waals surface area contributed by atoms with E-state index in [1.165, 1.54) is 6.42 Å². The Labute approximate surface area is 103 Å². The lowest BCUT2D eigenvalue weighted by atomic mass is 9.76. The predicted octanol–water partition coefficient (Wildman–Crippen LogP) is 4.30. The van der Waals surface area contributed by atoms with Gasteiger partial charge >= 0.3 is 6.18 Å². The molecule has 96 valence electrons. The van der Waals surface area contributed by atoms with E-state index in [-0.39, 0.29) is 12.0 Å². The zero-order valence-electron chi connectivity index (χ0n) is 9.28. The van der Waals surface area contributed by atoms with E-state index in [0.717, 1.165) is 31.0 Å². The first kappa shape index (κ1) is 14.3. The molecule has 0 atom stereocenters. The van der Waals surface area contributed by atoms with Crippen molar-refractivity contribution in [3.63, 3.8) is 0 Å². The van der Waals surface area contributed by atoms with Crippen molar-refractivity contribution in [2.75, 3.05) is 18.5 Å². The lowest BCUT2D eigenvalue weighted by Gasteiger charge is -2.35. The van der Waals surface area contributed by atoms with E-state index in [2.05, 4.69) is 15.9 Å². The van der Waals surface area contributed by atoms with E-state index < -0.39 is 12.6 Å². The summed E-state index contributed by atoms with van der Waals surface area (Å²) in [5.41, 5.74) is 0.0733. The molecule has 0 heterocycles. The Kier molecular flexibility index (Phi) is 5.57. The number of hydrogen-bond donors (Lipinski definition) is 0. The van der Waals surface area contributed by atoms with E-state index in [4.69, 9.17) is 4.74 Å². The summed E-state index contributed by atoms with van der Waals surface area (Å²) in [6.45, 7) is 0.243. The van der Waals surface area contributed by atoms with Gasteiger partial charge in [-0.2, -0.15) is 13.2 Å². The number of halogens is 4. The number of hydrogen-bond acceptors (Lipinski definition) is 1. The van der Waals surface area contributed by atoms with Crippen LogP contribution in [-0.4, -0.2) is 24.7 Å². The second-order valence-corrected chi connectivity index (χ2v) is 5.17. The zero-order valence-corrected chi connectivity index (χ0v) is 10.9. The first-order valence-corrected chi connectivity index (χ1v) is 6.80. The maximum Gasteiger partial charge on any atom is 0.391 e. The summed E-state index contributed by atoms with van der Waals surface area (Å²) in [4.78, 5) is 0. The third-order valence-electron chi connectivity index (χ3n) is 3.14. The van der Waals surface area contributed by atoms with Crippen LogP contribution < -0.4 is 0 Å². The Hall–Kier alpha value is 0.230. The zero-order chi connectivity index (χ0) is 12.1. The lowest BCUT2D eigenvalue weighted by Crippen LogP contribution is -2.32. The molecule has 0 bridgehead atoms. The van der Waals surface area contributed by atoms with Crippen LogP contribution in [0.3, 0.4) is 0 Å². The van der Waals surface area contributed by atoms with Crippen molar-refractivity contribution in [1.29, 1.82) is 0 Å². The van der Waals surface area contributed by atoms with Crippen LogP contribution in [0.1, 0.15) is 38.5 Å². The van der Waals surface area contributed by atoms with Crippen molar-refractivity contribution in [3.05, 3.63) is 0 Å². The van der Waals surface area contributed by atoms with Gasteiger partial charge in [-0.05, 0) is 12.8 Å². The Morgan fingerprint density at radius 3 is 2.25 bits per heavy atom. The van der Waals surface area contributed by atoms with Crippen LogP contribution in [-0.2, 0) is 4.74 Å². The van der Waals surface area contributed by atoms with Gasteiger partial charge in [0.05, 0.1) is 19.6 Å². The molecule has 1 fully saturated rings. The Bertz CT molecular complexity index is 200. The molecule has 0 unspecified atom stereocenters. The number of alkyl halides is 4. The first-order valence-electron chi connectivity index (χ1n) is 5.68. The Balaban J connectivity index is 2.23. The van der Waals surface area contributed by atoms with Crippen molar-refractivity contribution < 1.29 is 17.9 Å². The average Bonchev–Trinajstić information content (AvgIpc) is 2.25. The fraction of sp³-hybridized carbons (Fsp3) is 1.00. The highest BCUT2D eigenvalue weighted by Gasteiger charge is 2.32. The van der Waals surface area contributed by atoms with Crippen LogP contribution in [0.5, 0.6) is 0 Å². The largest absolute Gasteiger partial charge is 0.391 e. The van der Waals surface area contributed by atoms with Crippen LogP contribution >= 0.6 is 15.9 Å². The molecule has 0 amide bonds. The van der Waals surface area contributed by atoms with E-state index in [1.807, 2.05) is 0 Å². The van der Waals surface area contributed by atoms with Gasteiger partial charge in [0.25, 0.3) is 0 Å². The summed E-state index contributed by atoms with van der Waals surface area (Å²) >= 11 is 3.46. The van der Waals surface area contributed by atoms with Gasteiger partial charge in [0, 0.05) is 10.7 Å². The summed E-state index contributed by atoms with van der Waals surface area (Å²) in [6, 6.07) is 0. The molecular formula is C11H18BrF3O. The van der Waals surface area contributed by atoms with Crippen molar-refractivity contribution in [2.45, 2.75) is 44.7 Å². The second-order valence-electron chi connectivity index (χ2n) is 4.61. The van der Waals surface area contributed by atoms with Gasteiger partial charge in [-0.3, -0.25) is 0 Å². The smallest absolute Gasteiger partial charge is 0.380 e. The molecule has 0 saturated heterocycles. The third-order valence-corrected chi connectivity index (χ3v) is 4.33. The summed E-state index contributed by atoms with van der Waals surface area (Å²) in [6.07, 6.45) is 0.730. The minimum Gasteiger partial charge on any atom is -0.380 e. The monoisotopic (exact) mass is 302 g/mol. The van der Waals surface area contributed by atoms with Crippen molar-refractivity contribution in [2.24, 2.45) is 5.41 Å². The van der Waals surface area contributed by atoms with Gasteiger partial charge in [-0.15, -0.1) is 0 Å². The minimum atomic E-state index is -4.10. The van der Waals surface area contributed by atoms with Crippen molar-refractivity contribution >= 4 is 15.9 Å². The fourth-order valence-electron chi connectivity index (χ4n) is 2.09. The quantitative estimate of drug-likeness (QED) is 0.543. The molecule has 0 radical (unpaired) electrons. The van der Waals surface area contributed by atoms with Crippen molar-refractivity contribution in [1.82, 2.24) is 0 Å². The number of rotatable bonds is 5. The van der Waals surface area contributed by atoms with Gasteiger partial charge in [-0.1, -0.05) is 35.2 Å². The van der Waals surface area contributed by atoms with E-state index in [1.54, 1.807) is 0 Å². The molecule has 0 aromatic carbocycles. The molecule has 0 spiro atoms. The molecule has 0 N–H and O–H groups in total. The van der Waals surface area contributed by atoms with Gasteiger partial charge in [0.2, 0.25) is 0 Å². The lowest BCUT2D eigenvalue weighted by molar-refractivity contribution is -0.147. The standard InChI is InChI=1S/C11H18BrF3O/c12-8-10(4-2-1-3-5-10)9-16-7-6-11(13,14)15/h1-9H2. The minimum absolute atomic E-state index is 0.0733. The topological polar surface area (TPSA) is 9.23 Å². The fourth-order valence-corrected chi connectivity index (χ4v) is 2.82. The Morgan fingerprint density at radius 2 is 1.75 bits per heavy atom. The molecule has 0 aromatic rings. The van der Waals surface area contributed by atoms with Crippen LogP contribution in [0.4, 0.5) is 13.2 Å². The molecule has 1 aliphatic rings. The van der Waals surface area contributed by atoms with Gasteiger partial charge in [0.1, 0.15) is 0 Å². The van der Waals surface area contributed by atoms with Crippen LogP contribution in [0.2, 0.25) is 0 Å². The second kappa shape index (κ2) is 6.24. The molecule has 1 aliphatic carbocycles. The predicted molar refractivity (Wildman–Crippen MR) is 60.8 cm³/mol. The number of ether oxygens (including phenoxy) is 1. The highest BCUT2D eigenvalue weighted by atomic mass is 79.9. The highest BCUT2D eigenvalue weighted by molar-refractivity contribution is 9.09. The summed E-state index contributed by atoms with van der Waals surface area (Å²) in [5, 5.41) is 0.825. The normalized spacial score (nSPS) is 21.0. The van der Waals surface area contributed by atoms with Crippen LogP contribution in [0.25, 0.3) is 0 Å². The first-order chi connectivity index (χ1) is 7.47. The molecule has 1 rings (SSSR count). The SMILES string of the molecule is FC(F)(F)CCOCC1(CBr)CCCCC1. The Morgan fingerprint density at radius 1 is 1.12 bits per heavy atom. The van der Waals surface area contributed by atoms with E-state index >= 15 is 0 Å². The summed E-state index contributed by atoms with van der Waals surface area (Å²) in [5.74, 6) is 0. The molecule has 16 heavy (non-hydrogen) atoms. The average molecular weight is 303 g/mol. The van der Waals surface area contributed by atoms with E-state index in [9.17, 15) is 13.2 Å². The van der Waals surface area contributed by atoms with Crippen LogP contribution in [0.15, 0.2) is 0 Å². The maximum atomic E-state index is 11.9. The molecule has 5 heteroatoms. The molecule has 1 nitrogen and oxygen atoms in total. The maximum absolute atomic E-state index is 11.9. The van der Waals surface area contributed by atoms with Gasteiger partial charge in [0.15, 0.2) is 0 Å². The third kappa shape index (κ3) is 5.04. The van der Waals surface area contributed by atoms with Crippen molar-refractivity contribution in [3.8, 4) is 0 Å². The van der Waals surface area contributed by atoms with Gasteiger partial charge in [-0.25, -0.2) is 0 Å². The summed E-state index contributed by atoms with van der Waals surface area (Å²) < 4.78 is 40.9. The van der Waals surface area contributed by atoms with E-state index in [0.29, 0.717) is 6.61 Å². The molecule has 0 aromatic heterocycles. The molecule has 1 saturated carbocycles. The highest BCUT2D eigenvalue weighted by Crippen LogP contribution is 2.38. The molecule has 0 aliphatic heterocycles. The molecular weight excluding hydrogens is 285 g/mol. The van der Waals surface area contributed by atoms with Gasteiger partial charge < -0.3 is 4.74 Å². The van der Waals surface area contributed by atoms with Crippen LogP contribution in [0, 0.1) is 5.41 Å².